The fourth-order valence-corrected chi connectivity index (χ4v) is 3.30. The molecule has 0 saturated carbocycles. The summed E-state index contributed by atoms with van der Waals surface area (Å²) in [6.07, 6.45) is 0. The van der Waals surface area contributed by atoms with Crippen LogP contribution in [0.1, 0.15) is 0 Å². The second-order valence-corrected chi connectivity index (χ2v) is 6.92. The third-order valence-corrected chi connectivity index (χ3v) is 4.97. The van der Waals surface area contributed by atoms with E-state index in [1.807, 2.05) is 12.1 Å². The SMILES string of the molecule is CNc1ccc2c(O)c(/N=N/c3ccc(SOOO)cc3)c(SOOO)cc2c1. The van der Waals surface area contributed by atoms with Gasteiger partial charge in [0.05, 0.1) is 34.7 Å². The van der Waals surface area contributed by atoms with Gasteiger partial charge in [0.1, 0.15) is 5.69 Å². The molecule has 0 spiro atoms. The maximum Gasteiger partial charge on any atom is 0.152 e. The first-order valence-corrected chi connectivity index (χ1v) is 9.43. The van der Waals surface area contributed by atoms with Crippen LogP contribution in [-0.4, -0.2) is 22.7 Å². The number of azo groups is 1. The number of anilines is 1. The van der Waals surface area contributed by atoms with Gasteiger partial charge in [0.25, 0.3) is 0 Å². The van der Waals surface area contributed by atoms with Crippen LogP contribution in [0.5, 0.6) is 5.75 Å². The Balaban J connectivity index is 1.95. The number of nitrogens with one attached hydrogen (secondary N) is 1. The number of benzene rings is 3. The first kappa shape index (κ1) is 21.3. The zero-order valence-corrected chi connectivity index (χ0v) is 16.4. The maximum absolute atomic E-state index is 10.7. The Kier molecular flexibility index (Phi) is 7.62. The van der Waals surface area contributed by atoms with Crippen molar-refractivity contribution in [2.24, 2.45) is 10.2 Å². The van der Waals surface area contributed by atoms with E-state index < -0.39 is 0 Å². The van der Waals surface area contributed by atoms with Crippen LogP contribution in [-0.2, 0) is 18.7 Å². The van der Waals surface area contributed by atoms with E-state index >= 15 is 0 Å². The minimum absolute atomic E-state index is 0.0985. The average Bonchev–Trinajstić information content (AvgIpc) is 2.76. The summed E-state index contributed by atoms with van der Waals surface area (Å²) in [7, 11) is 1.79. The molecule has 0 aliphatic heterocycles. The van der Waals surface area contributed by atoms with Crippen molar-refractivity contribution in [3.8, 4) is 5.75 Å². The van der Waals surface area contributed by atoms with E-state index in [2.05, 4.69) is 34.3 Å². The highest BCUT2D eigenvalue weighted by molar-refractivity contribution is 7.94. The number of aromatic hydroxyl groups is 1. The van der Waals surface area contributed by atoms with Crippen molar-refractivity contribution in [1.82, 2.24) is 0 Å². The summed E-state index contributed by atoms with van der Waals surface area (Å²) in [6, 6.07) is 13.8. The molecule has 3 aromatic rings. The van der Waals surface area contributed by atoms with E-state index in [1.165, 1.54) is 0 Å². The molecule has 0 aromatic heterocycles. The molecule has 3 aromatic carbocycles. The minimum Gasteiger partial charge on any atom is -0.505 e. The molecular weight excluding hydrogens is 422 g/mol. The van der Waals surface area contributed by atoms with Crippen LogP contribution in [0.2, 0.25) is 0 Å². The minimum atomic E-state index is -0.0985. The van der Waals surface area contributed by atoms with Crippen molar-refractivity contribution in [2.45, 2.75) is 9.79 Å². The molecule has 0 amide bonds. The average molecular weight is 437 g/mol. The van der Waals surface area contributed by atoms with Crippen LogP contribution in [0.15, 0.2) is 68.6 Å². The highest BCUT2D eigenvalue weighted by Gasteiger charge is 2.15. The van der Waals surface area contributed by atoms with Crippen LogP contribution in [0.3, 0.4) is 0 Å². The lowest BCUT2D eigenvalue weighted by atomic mass is 10.1. The Hall–Kier alpha value is -2.42. The van der Waals surface area contributed by atoms with Crippen LogP contribution >= 0.6 is 24.1 Å². The second-order valence-electron chi connectivity index (χ2n) is 5.40. The van der Waals surface area contributed by atoms with Crippen LogP contribution < -0.4 is 5.32 Å². The van der Waals surface area contributed by atoms with Gasteiger partial charge in [0.2, 0.25) is 0 Å². The van der Waals surface area contributed by atoms with Gasteiger partial charge in [0.15, 0.2) is 5.75 Å². The topological polar surface area (TPSA) is 134 Å². The zero-order valence-electron chi connectivity index (χ0n) is 14.8. The summed E-state index contributed by atoms with van der Waals surface area (Å²) in [4.78, 5) is 1.04. The maximum atomic E-state index is 10.7. The highest BCUT2D eigenvalue weighted by Crippen LogP contribution is 2.44. The molecule has 4 N–H and O–H groups in total. The Bertz CT molecular complexity index is 1000. The molecule has 0 heterocycles. The summed E-state index contributed by atoms with van der Waals surface area (Å²) in [5, 5.41) is 47.1. The van der Waals surface area contributed by atoms with Crippen molar-refractivity contribution < 1.29 is 34.4 Å². The third kappa shape index (κ3) is 5.35. The fourth-order valence-electron chi connectivity index (χ4n) is 2.45. The lowest BCUT2D eigenvalue weighted by molar-refractivity contribution is -0.432. The molecule has 0 aliphatic rings. The second kappa shape index (κ2) is 10.4. The van der Waals surface area contributed by atoms with Gasteiger partial charge in [-0.25, -0.2) is 10.5 Å². The molecule has 0 bridgehead atoms. The normalized spacial score (nSPS) is 11.4. The molecule has 152 valence electrons. The largest absolute Gasteiger partial charge is 0.505 e. The molecule has 0 atom stereocenters. The van der Waals surface area contributed by atoms with Gasteiger partial charge in [0, 0.05) is 23.0 Å². The molecule has 0 unspecified atom stereocenters. The monoisotopic (exact) mass is 437 g/mol. The quantitative estimate of drug-likeness (QED) is 0.139. The van der Waals surface area contributed by atoms with Crippen molar-refractivity contribution in [2.75, 3.05) is 12.4 Å². The van der Waals surface area contributed by atoms with Crippen LogP contribution in [0.4, 0.5) is 17.1 Å². The molecule has 3 rings (SSSR count). The number of hydrogen-bond acceptors (Lipinski definition) is 12. The number of hydrogen-bond donors (Lipinski definition) is 4. The van der Waals surface area contributed by atoms with Gasteiger partial charge in [-0.2, -0.15) is 5.11 Å². The predicted octanol–water partition coefficient (Wildman–Crippen LogP) is 5.86. The number of nitrogens with zero attached hydrogens (tertiary/aromatic N) is 2. The van der Waals surface area contributed by atoms with E-state index in [-0.39, 0.29) is 11.4 Å². The Morgan fingerprint density at radius 3 is 2.31 bits per heavy atom. The summed E-state index contributed by atoms with van der Waals surface area (Å²) in [6.45, 7) is 0. The third-order valence-electron chi connectivity index (χ3n) is 3.76. The van der Waals surface area contributed by atoms with Crippen molar-refractivity contribution in [3.05, 3.63) is 48.5 Å². The predicted molar refractivity (Wildman–Crippen MR) is 107 cm³/mol. The molecule has 0 aliphatic carbocycles. The van der Waals surface area contributed by atoms with Gasteiger partial charge in [-0.15, -0.1) is 13.8 Å². The Morgan fingerprint density at radius 1 is 0.897 bits per heavy atom. The molecule has 0 radical (unpaired) electrons. The van der Waals surface area contributed by atoms with Crippen molar-refractivity contribution >= 4 is 51.9 Å². The number of rotatable bonds is 9. The van der Waals surface area contributed by atoms with E-state index in [0.29, 0.717) is 32.9 Å². The molecular formula is C17H15N3O7S2. The van der Waals surface area contributed by atoms with Gasteiger partial charge in [-0.05, 0) is 53.9 Å². The fraction of sp³-hybridized carbons (Fsp3) is 0.0588. The van der Waals surface area contributed by atoms with Crippen LogP contribution in [0, 0.1) is 0 Å². The molecule has 0 fully saturated rings. The number of phenolic OH excluding ortho intramolecular Hbond substituents is 1. The first-order valence-electron chi connectivity index (χ1n) is 7.95. The number of phenols is 1. The highest BCUT2D eigenvalue weighted by atomic mass is 32.2. The van der Waals surface area contributed by atoms with Crippen molar-refractivity contribution in [3.63, 3.8) is 0 Å². The van der Waals surface area contributed by atoms with E-state index in [1.54, 1.807) is 43.4 Å². The van der Waals surface area contributed by atoms with E-state index in [9.17, 15) is 5.11 Å². The summed E-state index contributed by atoms with van der Waals surface area (Å²) in [5.41, 5.74) is 1.50. The molecule has 10 nitrogen and oxygen atoms in total. The van der Waals surface area contributed by atoms with E-state index in [4.69, 9.17) is 10.5 Å². The van der Waals surface area contributed by atoms with Gasteiger partial charge < -0.3 is 10.4 Å². The smallest absolute Gasteiger partial charge is 0.152 e. The van der Waals surface area contributed by atoms with Gasteiger partial charge in [-0.1, -0.05) is 10.1 Å². The Labute approximate surface area is 173 Å². The number of fused-ring (bicyclic) bond motifs is 1. The lowest BCUT2D eigenvalue weighted by Gasteiger charge is -2.10. The molecule has 0 saturated heterocycles. The van der Waals surface area contributed by atoms with Gasteiger partial charge >= 0.3 is 0 Å². The zero-order chi connectivity index (χ0) is 20.6. The lowest BCUT2D eigenvalue weighted by Crippen LogP contribution is -1.88. The standard InChI is InChI=1S/C17H15N3O7S2/c1-18-12-4-7-14-10(8-12)9-15(29-27-25-23)16(17(14)21)20-19-11-2-5-13(6-3-11)28-26-24-22/h2-9,18,21-23H,1H3/b20-19+. The first-order chi connectivity index (χ1) is 14.2. The van der Waals surface area contributed by atoms with E-state index in [0.717, 1.165) is 23.1 Å². The molecule has 12 heteroatoms. The Morgan fingerprint density at radius 2 is 1.62 bits per heavy atom. The summed E-state index contributed by atoms with van der Waals surface area (Å²) >= 11 is 1.49. The molecule has 29 heavy (non-hydrogen) atoms. The summed E-state index contributed by atoms with van der Waals surface area (Å²) < 4.78 is 8.87. The van der Waals surface area contributed by atoms with Crippen molar-refractivity contribution in [1.29, 1.82) is 0 Å². The van der Waals surface area contributed by atoms with Gasteiger partial charge in [-0.3, -0.25) is 0 Å². The summed E-state index contributed by atoms with van der Waals surface area (Å²) in [5.74, 6) is -0.0985. The van der Waals surface area contributed by atoms with Crippen LogP contribution in [0.25, 0.3) is 10.8 Å².